The Balaban J connectivity index is 2.58. The van der Waals surface area contributed by atoms with Gasteiger partial charge in [0, 0.05) is 13.0 Å². The standard InChI is InChI=1S/C39H72O7Si3/c1-28(26-42-27-30-20-22-31(40-12)23-21-30)32(24-25-47(14,15)37(3,4)5)44-36-35(46-49(18,19)39(9,10)11)34(33(41-13)29(2)43-36)45-48(16,17)38(6,7)8/h20-23,28-29,32-36H,26-27H2,1-19H3/t28-,29+,32-,33+,34-,35+,36+/m1/s1. The third kappa shape index (κ3) is 11.7. The zero-order valence-corrected chi connectivity index (χ0v) is 37.6. The molecule has 7 atom stereocenters. The van der Waals surface area contributed by atoms with Gasteiger partial charge in [0.1, 0.15) is 38.2 Å². The van der Waals surface area contributed by atoms with E-state index in [1.807, 2.05) is 31.2 Å². The molecule has 0 unspecified atom stereocenters. The van der Waals surface area contributed by atoms with Gasteiger partial charge in [-0.05, 0) is 65.9 Å². The number of ether oxygens (including phenoxy) is 5. The summed E-state index contributed by atoms with van der Waals surface area (Å²) in [6.45, 7) is 39.4. The normalized spacial score (nSPS) is 24.2. The van der Waals surface area contributed by atoms with Gasteiger partial charge in [0.15, 0.2) is 22.9 Å². The first kappa shape index (κ1) is 44.2. The molecule has 1 aliphatic rings. The van der Waals surface area contributed by atoms with Crippen LogP contribution in [-0.4, -0.2) is 82.3 Å². The number of rotatable bonds is 13. The molecule has 0 spiro atoms. The van der Waals surface area contributed by atoms with E-state index in [-0.39, 0.29) is 39.3 Å². The topological polar surface area (TPSA) is 64.6 Å². The first-order valence-corrected chi connectivity index (χ1v) is 26.9. The fourth-order valence-corrected chi connectivity index (χ4v) is 8.23. The summed E-state index contributed by atoms with van der Waals surface area (Å²) < 4.78 is 46.1. The van der Waals surface area contributed by atoms with E-state index in [9.17, 15) is 0 Å². The number of hydrogen-bond acceptors (Lipinski definition) is 7. The molecule has 0 N–H and O–H groups in total. The van der Waals surface area contributed by atoms with Crippen molar-refractivity contribution < 1.29 is 32.5 Å². The van der Waals surface area contributed by atoms with Crippen LogP contribution in [0.2, 0.25) is 54.4 Å². The van der Waals surface area contributed by atoms with Crippen LogP contribution >= 0.6 is 0 Å². The van der Waals surface area contributed by atoms with Gasteiger partial charge in [0.2, 0.25) is 0 Å². The van der Waals surface area contributed by atoms with Gasteiger partial charge < -0.3 is 32.5 Å². The first-order valence-electron chi connectivity index (χ1n) is 18.1. The van der Waals surface area contributed by atoms with Crippen molar-refractivity contribution in [2.75, 3.05) is 20.8 Å². The summed E-state index contributed by atoms with van der Waals surface area (Å²) in [7, 11) is -3.11. The van der Waals surface area contributed by atoms with Gasteiger partial charge in [-0.3, -0.25) is 0 Å². The second kappa shape index (κ2) is 16.8. The fraction of sp³-hybridized carbons (Fsp3) is 0.795. The Labute approximate surface area is 304 Å². The van der Waals surface area contributed by atoms with Gasteiger partial charge in [0.05, 0.1) is 26.4 Å². The summed E-state index contributed by atoms with van der Waals surface area (Å²) in [4.78, 5) is 0. The van der Waals surface area contributed by atoms with Gasteiger partial charge in [-0.15, -0.1) is 5.54 Å². The maximum Gasteiger partial charge on any atom is 0.192 e. The highest BCUT2D eigenvalue weighted by molar-refractivity contribution is 6.87. The molecule has 49 heavy (non-hydrogen) atoms. The third-order valence-electron chi connectivity index (χ3n) is 11.5. The Morgan fingerprint density at radius 2 is 1.27 bits per heavy atom. The lowest BCUT2D eigenvalue weighted by Gasteiger charge is -2.52. The molecular formula is C39H72O7Si3. The molecule has 7 nitrogen and oxygen atoms in total. The lowest BCUT2D eigenvalue weighted by Crippen LogP contribution is -2.65. The molecule has 0 bridgehead atoms. The summed E-state index contributed by atoms with van der Waals surface area (Å²) in [5, 5.41) is 0.0722. The highest BCUT2D eigenvalue weighted by Crippen LogP contribution is 2.44. The van der Waals surface area contributed by atoms with Gasteiger partial charge in [-0.1, -0.05) is 100 Å². The van der Waals surface area contributed by atoms with Crippen molar-refractivity contribution in [1.82, 2.24) is 0 Å². The van der Waals surface area contributed by atoms with Crippen LogP contribution in [-0.2, 0) is 34.4 Å². The van der Waals surface area contributed by atoms with E-state index in [2.05, 4.69) is 120 Å². The average Bonchev–Trinajstić information content (AvgIpc) is 2.95. The van der Waals surface area contributed by atoms with Crippen LogP contribution in [0.5, 0.6) is 5.75 Å². The molecule has 2 rings (SSSR count). The van der Waals surface area contributed by atoms with E-state index in [1.54, 1.807) is 14.2 Å². The number of methoxy groups -OCH3 is 2. The molecule has 1 aromatic rings. The van der Waals surface area contributed by atoms with E-state index in [1.165, 1.54) is 0 Å². The first-order chi connectivity index (χ1) is 22.2. The summed E-state index contributed by atoms with van der Waals surface area (Å²) in [6, 6.07) is 7.98. The minimum atomic E-state index is -2.32. The third-order valence-corrected chi connectivity index (χ3v) is 24.9. The molecule has 1 aliphatic heterocycles. The summed E-state index contributed by atoms with van der Waals surface area (Å²) in [6.07, 6.45) is -2.61. The molecule has 0 radical (unpaired) electrons. The monoisotopic (exact) mass is 736 g/mol. The van der Waals surface area contributed by atoms with Crippen LogP contribution in [0.15, 0.2) is 24.3 Å². The SMILES string of the molecule is COc1ccc(COC[C@@H](C)[C@@H](C#C[Si](C)(C)C(C)(C)C)O[C@@H]2O[C@@H](C)[C@H](OC)[C@@H](O[Si](C)(C)C(C)(C)C)[C@@H]2O[Si](C)(C)C(C)(C)C)cc1. The van der Waals surface area contributed by atoms with Crippen molar-refractivity contribution >= 4 is 24.7 Å². The van der Waals surface area contributed by atoms with Gasteiger partial charge >= 0.3 is 0 Å². The van der Waals surface area contributed by atoms with Gasteiger partial charge in [-0.2, -0.15) is 0 Å². The molecule has 0 aliphatic carbocycles. The fourth-order valence-electron chi connectivity index (χ4n) is 4.77. The minimum absolute atomic E-state index is 0.00235. The summed E-state index contributed by atoms with van der Waals surface area (Å²) in [5.41, 5.74) is 4.82. The molecular weight excluding hydrogens is 665 g/mol. The molecule has 1 aromatic carbocycles. The zero-order chi connectivity index (χ0) is 37.8. The van der Waals surface area contributed by atoms with E-state index in [4.69, 9.17) is 32.5 Å². The van der Waals surface area contributed by atoms with Crippen molar-refractivity contribution in [3.05, 3.63) is 29.8 Å². The molecule has 282 valence electrons. The highest BCUT2D eigenvalue weighted by atomic mass is 28.4. The largest absolute Gasteiger partial charge is 0.497 e. The number of hydrogen-bond donors (Lipinski definition) is 0. The summed E-state index contributed by atoms with van der Waals surface area (Å²) >= 11 is 0. The molecule has 1 fully saturated rings. The smallest absolute Gasteiger partial charge is 0.192 e. The minimum Gasteiger partial charge on any atom is -0.497 e. The van der Waals surface area contributed by atoms with Crippen molar-refractivity contribution in [2.24, 2.45) is 5.92 Å². The molecule has 0 amide bonds. The quantitative estimate of drug-likeness (QED) is 0.148. The Morgan fingerprint density at radius 1 is 0.755 bits per heavy atom. The van der Waals surface area contributed by atoms with E-state index >= 15 is 0 Å². The van der Waals surface area contributed by atoms with Gasteiger partial charge in [-0.25, -0.2) is 0 Å². The van der Waals surface area contributed by atoms with E-state index in [0.29, 0.717) is 13.2 Å². The predicted molar refractivity (Wildman–Crippen MR) is 211 cm³/mol. The Hall–Kier alpha value is -1.01. The van der Waals surface area contributed by atoms with Gasteiger partial charge in [0.25, 0.3) is 0 Å². The molecule has 10 heteroatoms. The maximum absolute atomic E-state index is 7.27. The average molecular weight is 737 g/mol. The van der Waals surface area contributed by atoms with E-state index in [0.717, 1.165) is 11.3 Å². The molecule has 1 saturated heterocycles. The lowest BCUT2D eigenvalue weighted by atomic mass is 9.99. The van der Waals surface area contributed by atoms with Crippen molar-refractivity contribution in [3.63, 3.8) is 0 Å². The Kier molecular flexibility index (Phi) is 15.1. The zero-order valence-electron chi connectivity index (χ0n) is 34.6. The number of benzene rings is 1. The Bertz CT molecular complexity index is 1230. The molecule has 0 saturated carbocycles. The second-order valence-electron chi connectivity index (χ2n) is 18.6. The predicted octanol–water partition coefficient (Wildman–Crippen LogP) is 9.82. The van der Waals surface area contributed by atoms with Crippen LogP contribution in [0.4, 0.5) is 0 Å². The van der Waals surface area contributed by atoms with E-state index < -0.39 is 43.2 Å². The lowest BCUT2D eigenvalue weighted by molar-refractivity contribution is -0.300. The van der Waals surface area contributed by atoms with Crippen molar-refractivity contribution in [2.45, 2.75) is 174 Å². The van der Waals surface area contributed by atoms with Crippen molar-refractivity contribution in [3.8, 4) is 17.2 Å². The van der Waals surface area contributed by atoms with Crippen LogP contribution in [0.3, 0.4) is 0 Å². The van der Waals surface area contributed by atoms with Crippen LogP contribution < -0.4 is 4.74 Å². The second-order valence-corrected chi connectivity index (χ2v) is 33.1. The highest BCUT2D eigenvalue weighted by Gasteiger charge is 2.54. The molecule has 0 aromatic heterocycles. The van der Waals surface area contributed by atoms with Crippen LogP contribution in [0.1, 0.15) is 81.7 Å². The molecule has 1 heterocycles. The van der Waals surface area contributed by atoms with Crippen LogP contribution in [0, 0.1) is 17.4 Å². The van der Waals surface area contributed by atoms with Crippen LogP contribution in [0.25, 0.3) is 0 Å². The Morgan fingerprint density at radius 3 is 1.71 bits per heavy atom. The maximum atomic E-state index is 7.27. The van der Waals surface area contributed by atoms with Crippen molar-refractivity contribution in [1.29, 1.82) is 0 Å². The summed E-state index contributed by atoms with van der Waals surface area (Å²) in [5.74, 6) is 4.41.